The third-order valence-electron chi connectivity index (χ3n) is 5.76. The molecule has 0 atom stereocenters. The van der Waals surface area contributed by atoms with Crippen molar-refractivity contribution < 1.29 is 0 Å². The number of rotatable bonds is 5. The molecule has 0 bridgehead atoms. The molecule has 5 aromatic rings. The zero-order valence-electron chi connectivity index (χ0n) is 18.7. The molecule has 0 saturated carbocycles. The third-order valence-corrected chi connectivity index (χ3v) is 5.76. The summed E-state index contributed by atoms with van der Waals surface area (Å²) in [6.07, 6.45) is 13.3. The van der Waals surface area contributed by atoms with E-state index in [1.807, 2.05) is 49.7 Å². The standard InChI is InChI=1S/C29H24N4/c1-4-6-27-24(5-2)25-17-20(3)7-8-28(25)33(27)29-19-23(21-9-13-30-14-10-21)18-26(32-29)22-11-15-31-16-12-22/h4-19H,2H2,1,3H3/b6-4-. The van der Waals surface area contributed by atoms with E-state index in [1.54, 1.807) is 12.4 Å². The van der Waals surface area contributed by atoms with E-state index in [1.165, 1.54) is 10.9 Å². The molecule has 0 aliphatic heterocycles. The van der Waals surface area contributed by atoms with Gasteiger partial charge >= 0.3 is 0 Å². The van der Waals surface area contributed by atoms with Crippen LogP contribution in [0.5, 0.6) is 0 Å². The van der Waals surface area contributed by atoms with Gasteiger partial charge in [-0.2, -0.15) is 0 Å². The van der Waals surface area contributed by atoms with Crippen molar-refractivity contribution in [3.05, 3.63) is 109 Å². The smallest absolute Gasteiger partial charge is 0.138 e. The van der Waals surface area contributed by atoms with Gasteiger partial charge in [-0.1, -0.05) is 30.4 Å². The predicted molar refractivity (Wildman–Crippen MR) is 137 cm³/mol. The summed E-state index contributed by atoms with van der Waals surface area (Å²) in [7, 11) is 0. The maximum absolute atomic E-state index is 5.11. The fraction of sp³-hybridized carbons (Fsp3) is 0.0690. The van der Waals surface area contributed by atoms with Gasteiger partial charge in [-0.15, -0.1) is 0 Å². The first kappa shape index (κ1) is 20.6. The van der Waals surface area contributed by atoms with Crippen LogP contribution in [0, 0.1) is 6.92 Å². The Balaban J connectivity index is 1.86. The van der Waals surface area contributed by atoms with Gasteiger partial charge in [0.2, 0.25) is 0 Å². The third kappa shape index (κ3) is 3.76. The summed E-state index contributed by atoms with van der Waals surface area (Å²) in [5, 5.41) is 1.17. The van der Waals surface area contributed by atoms with E-state index in [2.05, 4.69) is 70.5 Å². The lowest BCUT2D eigenvalue weighted by molar-refractivity contribution is 1.03. The largest absolute Gasteiger partial charge is 0.294 e. The summed E-state index contributed by atoms with van der Waals surface area (Å²) < 4.78 is 2.22. The van der Waals surface area contributed by atoms with Crippen molar-refractivity contribution >= 4 is 23.1 Å². The monoisotopic (exact) mass is 428 g/mol. The molecule has 4 heterocycles. The van der Waals surface area contributed by atoms with Gasteiger partial charge in [0.05, 0.1) is 16.9 Å². The van der Waals surface area contributed by atoms with Crippen LogP contribution in [0.1, 0.15) is 23.7 Å². The molecule has 160 valence electrons. The summed E-state index contributed by atoms with van der Waals surface area (Å²) in [6.45, 7) is 8.25. The van der Waals surface area contributed by atoms with Crippen LogP contribution in [0.4, 0.5) is 0 Å². The molecule has 0 unspecified atom stereocenters. The van der Waals surface area contributed by atoms with E-state index in [9.17, 15) is 0 Å². The zero-order valence-corrected chi connectivity index (χ0v) is 18.7. The minimum absolute atomic E-state index is 0.853. The molecule has 1 aromatic carbocycles. The zero-order chi connectivity index (χ0) is 22.8. The van der Waals surface area contributed by atoms with Gasteiger partial charge in [-0.25, -0.2) is 4.98 Å². The Morgan fingerprint density at radius 2 is 1.52 bits per heavy atom. The number of aromatic nitrogens is 4. The molecule has 0 amide bonds. The highest BCUT2D eigenvalue weighted by Gasteiger charge is 2.17. The van der Waals surface area contributed by atoms with E-state index in [-0.39, 0.29) is 0 Å². The molecule has 5 rings (SSSR count). The SMILES string of the molecule is C=Cc1c(/C=C\C)n(-c2cc(-c3ccncc3)cc(-c3ccncc3)n2)c2ccc(C)cc12. The molecule has 4 aromatic heterocycles. The van der Waals surface area contributed by atoms with Crippen LogP contribution in [-0.2, 0) is 0 Å². The van der Waals surface area contributed by atoms with Crippen molar-refractivity contribution in [3.8, 4) is 28.2 Å². The number of benzene rings is 1. The second-order valence-corrected chi connectivity index (χ2v) is 7.93. The molecule has 4 heteroatoms. The lowest BCUT2D eigenvalue weighted by Gasteiger charge is -2.13. The van der Waals surface area contributed by atoms with Crippen molar-refractivity contribution in [1.82, 2.24) is 19.5 Å². The van der Waals surface area contributed by atoms with Gasteiger partial charge in [-0.3, -0.25) is 14.5 Å². The topological polar surface area (TPSA) is 43.6 Å². The molecule has 33 heavy (non-hydrogen) atoms. The Hall–Kier alpha value is -4.31. The molecular formula is C29H24N4. The Kier molecular flexibility index (Phi) is 5.41. The second-order valence-electron chi connectivity index (χ2n) is 7.93. The lowest BCUT2D eigenvalue weighted by atomic mass is 10.0. The second kappa shape index (κ2) is 8.67. The first-order chi connectivity index (χ1) is 16.2. The lowest BCUT2D eigenvalue weighted by Crippen LogP contribution is -2.02. The quantitative estimate of drug-likeness (QED) is 0.299. The van der Waals surface area contributed by atoms with Gasteiger partial charge in [0, 0.05) is 41.3 Å². The molecule has 0 saturated heterocycles. The normalized spacial score (nSPS) is 11.3. The van der Waals surface area contributed by atoms with E-state index < -0.39 is 0 Å². The number of hydrogen-bond acceptors (Lipinski definition) is 3. The van der Waals surface area contributed by atoms with E-state index in [4.69, 9.17) is 4.98 Å². The summed E-state index contributed by atoms with van der Waals surface area (Å²) in [4.78, 5) is 13.5. The molecule has 0 spiro atoms. The van der Waals surface area contributed by atoms with Crippen LogP contribution in [-0.4, -0.2) is 19.5 Å². The molecular weight excluding hydrogens is 404 g/mol. The molecule has 0 radical (unpaired) electrons. The number of pyridine rings is 3. The summed E-state index contributed by atoms with van der Waals surface area (Å²) in [5.41, 5.74) is 8.56. The van der Waals surface area contributed by atoms with Crippen LogP contribution in [0.25, 0.3) is 51.3 Å². The van der Waals surface area contributed by atoms with Crippen molar-refractivity contribution in [2.24, 2.45) is 0 Å². The number of allylic oxidation sites excluding steroid dienone is 1. The van der Waals surface area contributed by atoms with Crippen molar-refractivity contribution in [2.45, 2.75) is 13.8 Å². The van der Waals surface area contributed by atoms with Crippen molar-refractivity contribution in [1.29, 1.82) is 0 Å². The fourth-order valence-corrected chi connectivity index (χ4v) is 4.24. The Morgan fingerprint density at radius 3 is 2.18 bits per heavy atom. The summed E-state index contributed by atoms with van der Waals surface area (Å²) in [5.74, 6) is 0.853. The van der Waals surface area contributed by atoms with Crippen LogP contribution in [0.3, 0.4) is 0 Å². The van der Waals surface area contributed by atoms with Crippen LogP contribution in [0.15, 0.2) is 92.0 Å². The van der Waals surface area contributed by atoms with Crippen molar-refractivity contribution in [3.63, 3.8) is 0 Å². The first-order valence-electron chi connectivity index (χ1n) is 10.9. The van der Waals surface area contributed by atoms with Gasteiger partial charge in [0.25, 0.3) is 0 Å². The minimum Gasteiger partial charge on any atom is -0.294 e. The Bertz CT molecular complexity index is 1420. The molecule has 0 fully saturated rings. The van der Waals surface area contributed by atoms with E-state index in [0.717, 1.165) is 45.0 Å². The average molecular weight is 429 g/mol. The van der Waals surface area contributed by atoms with Gasteiger partial charge in [-0.05, 0) is 79.6 Å². The Labute approximate surface area is 193 Å². The van der Waals surface area contributed by atoms with Crippen LogP contribution < -0.4 is 0 Å². The summed E-state index contributed by atoms with van der Waals surface area (Å²) >= 11 is 0. The molecule has 0 aliphatic rings. The van der Waals surface area contributed by atoms with Crippen LogP contribution in [0.2, 0.25) is 0 Å². The fourth-order valence-electron chi connectivity index (χ4n) is 4.24. The first-order valence-corrected chi connectivity index (χ1v) is 10.9. The maximum Gasteiger partial charge on any atom is 0.138 e. The number of hydrogen-bond donors (Lipinski definition) is 0. The molecule has 4 nitrogen and oxygen atoms in total. The van der Waals surface area contributed by atoms with E-state index in [0.29, 0.717) is 0 Å². The number of aryl methyl sites for hydroxylation is 1. The van der Waals surface area contributed by atoms with Crippen molar-refractivity contribution in [2.75, 3.05) is 0 Å². The molecule has 0 N–H and O–H groups in total. The maximum atomic E-state index is 5.11. The predicted octanol–water partition coefficient (Wildman–Crippen LogP) is 7.13. The highest BCUT2D eigenvalue weighted by atomic mass is 15.1. The Morgan fingerprint density at radius 1 is 0.818 bits per heavy atom. The molecule has 0 aliphatic carbocycles. The number of fused-ring (bicyclic) bond motifs is 1. The highest BCUT2D eigenvalue weighted by molar-refractivity contribution is 5.95. The minimum atomic E-state index is 0.853. The van der Waals surface area contributed by atoms with E-state index >= 15 is 0 Å². The van der Waals surface area contributed by atoms with Gasteiger partial charge < -0.3 is 0 Å². The average Bonchev–Trinajstić information content (AvgIpc) is 3.17. The number of nitrogens with zero attached hydrogens (tertiary/aromatic N) is 4. The van der Waals surface area contributed by atoms with Crippen LogP contribution >= 0.6 is 0 Å². The van der Waals surface area contributed by atoms with Gasteiger partial charge in [0.15, 0.2) is 0 Å². The highest BCUT2D eigenvalue weighted by Crippen LogP contribution is 2.34. The summed E-state index contributed by atoms with van der Waals surface area (Å²) in [6, 6.07) is 18.8. The van der Waals surface area contributed by atoms with Gasteiger partial charge in [0.1, 0.15) is 5.82 Å².